The number of ether oxygens (including phenoxy) is 1. The molecule has 0 saturated heterocycles. The van der Waals surface area contributed by atoms with Gasteiger partial charge in [0, 0.05) is 5.56 Å². The number of carbonyl (C=O) groups is 1. The smallest absolute Gasteiger partial charge is 0.323 e. The van der Waals surface area contributed by atoms with Crippen LogP contribution in [0.2, 0.25) is 0 Å². The zero-order chi connectivity index (χ0) is 15.1. The Morgan fingerprint density at radius 3 is 2.86 bits per heavy atom. The lowest BCUT2D eigenvalue weighted by Crippen LogP contribution is -2.34. The molecule has 1 aromatic carbocycles. The Hall–Kier alpha value is -2.14. The van der Waals surface area contributed by atoms with Crippen molar-refractivity contribution in [2.45, 2.75) is 32.2 Å². The molecule has 0 bridgehead atoms. The van der Waals surface area contributed by atoms with E-state index in [4.69, 9.17) is 14.9 Å². The second-order valence-electron chi connectivity index (χ2n) is 4.82. The van der Waals surface area contributed by atoms with E-state index in [-0.39, 0.29) is 6.42 Å². The largest absolute Gasteiger partial charge is 0.465 e. The zero-order valence-electron chi connectivity index (χ0n) is 12.1. The van der Waals surface area contributed by atoms with Crippen molar-refractivity contribution in [1.29, 1.82) is 0 Å². The van der Waals surface area contributed by atoms with Crippen LogP contribution in [0.4, 0.5) is 0 Å². The average Bonchev–Trinajstić information content (AvgIpc) is 2.97. The second-order valence-corrected chi connectivity index (χ2v) is 4.82. The molecule has 0 spiro atoms. The van der Waals surface area contributed by atoms with Crippen molar-refractivity contribution >= 4 is 5.97 Å². The molecule has 0 fully saturated rings. The van der Waals surface area contributed by atoms with Crippen LogP contribution in [0.25, 0.3) is 11.3 Å². The van der Waals surface area contributed by atoms with Gasteiger partial charge in [-0.1, -0.05) is 43.7 Å². The first-order valence-electron chi connectivity index (χ1n) is 7.13. The first kappa shape index (κ1) is 15.3. The number of oxazole rings is 1. The minimum Gasteiger partial charge on any atom is -0.465 e. The van der Waals surface area contributed by atoms with E-state index in [1.807, 2.05) is 37.3 Å². The highest BCUT2D eigenvalue weighted by Crippen LogP contribution is 2.20. The van der Waals surface area contributed by atoms with Gasteiger partial charge in [-0.2, -0.15) is 0 Å². The summed E-state index contributed by atoms with van der Waals surface area (Å²) in [4.78, 5) is 15.8. The Bertz CT molecular complexity index is 566. The molecule has 5 nitrogen and oxygen atoms in total. The molecule has 112 valence electrons. The summed E-state index contributed by atoms with van der Waals surface area (Å²) < 4.78 is 10.7. The van der Waals surface area contributed by atoms with Crippen LogP contribution in [0.3, 0.4) is 0 Å². The van der Waals surface area contributed by atoms with Crippen molar-refractivity contribution in [3.05, 3.63) is 42.4 Å². The van der Waals surface area contributed by atoms with Crippen molar-refractivity contribution in [2.24, 2.45) is 5.73 Å². The highest BCUT2D eigenvalue weighted by Gasteiger charge is 2.18. The molecule has 0 aliphatic rings. The molecule has 2 N–H and O–H groups in total. The normalized spacial score (nSPS) is 12.1. The first-order valence-corrected chi connectivity index (χ1v) is 7.13. The third-order valence-corrected chi connectivity index (χ3v) is 3.05. The Morgan fingerprint density at radius 1 is 1.38 bits per heavy atom. The minimum absolute atomic E-state index is 0.234. The number of hydrogen-bond donors (Lipinski definition) is 1. The monoisotopic (exact) mass is 288 g/mol. The van der Waals surface area contributed by atoms with Gasteiger partial charge in [0.15, 0.2) is 11.7 Å². The van der Waals surface area contributed by atoms with Gasteiger partial charge in [0.2, 0.25) is 0 Å². The summed E-state index contributed by atoms with van der Waals surface area (Å²) in [6.07, 6.45) is 3.69. The average molecular weight is 288 g/mol. The molecule has 1 heterocycles. The van der Waals surface area contributed by atoms with E-state index in [2.05, 4.69) is 4.98 Å². The maximum atomic E-state index is 11.7. The molecule has 0 aliphatic carbocycles. The minimum atomic E-state index is -0.746. The lowest BCUT2D eigenvalue weighted by atomic mass is 10.2. The van der Waals surface area contributed by atoms with E-state index in [0.29, 0.717) is 18.3 Å². The van der Waals surface area contributed by atoms with Crippen molar-refractivity contribution in [3.63, 3.8) is 0 Å². The molecule has 1 atom stereocenters. The van der Waals surface area contributed by atoms with Crippen LogP contribution in [0.1, 0.15) is 25.7 Å². The first-order chi connectivity index (χ1) is 10.2. The standard InChI is InChI=1S/C16H20N2O3/c1-2-3-9-20-16(19)13(17)10-15-18-11-14(21-15)12-7-5-4-6-8-12/h4-8,11,13H,2-3,9-10,17H2,1H3. The number of unbranched alkanes of at least 4 members (excludes halogenated alkanes) is 1. The van der Waals surface area contributed by atoms with E-state index >= 15 is 0 Å². The molecule has 0 saturated carbocycles. The number of esters is 1. The van der Waals surface area contributed by atoms with E-state index in [9.17, 15) is 4.79 Å². The fourth-order valence-corrected chi connectivity index (χ4v) is 1.84. The Morgan fingerprint density at radius 2 is 2.14 bits per heavy atom. The van der Waals surface area contributed by atoms with Gasteiger partial charge in [-0.05, 0) is 6.42 Å². The number of rotatable bonds is 7. The fraction of sp³-hybridized carbons (Fsp3) is 0.375. The summed E-state index contributed by atoms with van der Waals surface area (Å²) in [7, 11) is 0. The number of nitrogens with two attached hydrogens (primary N) is 1. The molecule has 2 rings (SSSR count). The van der Waals surface area contributed by atoms with Crippen LogP contribution in [0.15, 0.2) is 40.9 Å². The highest BCUT2D eigenvalue weighted by molar-refractivity contribution is 5.75. The third-order valence-electron chi connectivity index (χ3n) is 3.05. The summed E-state index contributed by atoms with van der Waals surface area (Å²) in [5.41, 5.74) is 6.75. The topological polar surface area (TPSA) is 78.4 Å². The van der Waals surface area contributed by atoms with Gasteiger partial charge in [-0.3, -0.25) is 4.79 Å². The van der Waals surface area contributed by atoms with Crippen LogP contribution in [-0.4, -0.2) is 23.6 Å². The van der Waals surface area contributed by atoms with Crippen molar-refractivity contribution in [3.8, 4) is 11.3 Å². The molecular formula is C16H20N2O3. The summed E-state index contributed by atoms with van der Waals surface area (Å²) >= 11 is 0. The quantitative estimate of drug-likeness (QED) is 0.625. The number of carbonyl (C=O) groups excluding carboxylic acids is 1. The SMILES string of the molecule is CCCCOC(=O)C(N)Cc1ncc(-c2ccccc2)o1. The molecule has 0 amide bonds. The van der Waals surface area contributed by atoms with Gasteiger partial charge >= 0.3 is 5.97 Å². The second kappa shape index (κ2) is 7.59. The molecule has 0 aliphatic heterocycles. The van der Waals surface area contributed by atoms with E-state index in [1.165, 1.54) is 0 Å². The predicted molar refractivity (Wildman–Crippen MR) is 79.5 cm³/mol. The lowest BCUT2D eigenvalue weighted by Gasteiger charge is -2.09. The summed E-state index contributed by atoms with van der Waals surface area (Å²) in [5.74, 6) is 0.689. The van der Waals surface area contributed by atoms with Crippen LogP contribution >= 0.6 is 0 Å². The van der Waals surface area contributed by atoms with E-state index < -0.39 is 12.0 Å². The Balaban J connectivity index is 1.91. The summed E-state index contributed by atoms with van der Waals surface area (Å²) in [5, 5.41) is 0. The number of hydrogen-bond acceptors (Lipinski definition) is 5. The molecule has 1 aromatic heterocycles. The van der Waals surface area contributed by atoms with Gasteiger partial charge in [0.25, 0.3) is 0 Å². The maximum Gasteiger partial charge on any atom is 0.323 e. The lowest BCUT2D eigenvalue weighted by molar-refractivity contribution is -0.145. The predicted octanol–water partition coefficient (Wildman–Crippen LogP) is 2.55. The Labute approximate surface area is 124 Å². The van der Waals surface area contributed by atoms with E-state index in [0.717, 1.165) is 18.4 Å². The molecule has 5 heteroatoms. The molecule has 0 radical (unpaired) electrons. The van der Waals surface area contributed by atoms with Gasteiger partial charge in [-0.25, -0.2) is 4.98 Å². The Kier molecular flexibility index (Phi) is 5.51. The van der Waals surface area contributed by atoms with Crippen molar-refractivity contribution < 1.29 is 13.9 Å². The molecular weight excluding hydrogens is 268 g/mol. The molecule has 1 unspecified atom stereocenters. The van der Waals surface area contributed by atoms with E-state index in [1.54, 1.807) is 6.20 Å². The number of aromatic nitrogens is 1. The number of nitrogens with zero attached hydrogens (tertiary/aromatic N) is 1. The summed E-state index contributed by atoms with van der Waals surface area (Å²) in [6, 6.07) is 8.90. The van der Waals surface area contributed by atoms with Gasteiger partial charge < -0.3 is 14.9 Å². The van der Waals surface area contributed by atoms with Gasteiger partial charge in [-0.15, -0.1) is 0 Å². The van der Waals surface area contributed by atoms with Crippen LogP contribution in [0.5, 0.6) is 0 Å². The number of benzene rings is 1. The van der Waals surface area contributed by atoms with Crippen LogP contribution in [0, 0.1) is 0 Å². The highest BCUT2D eigenvalue weighted by atomic mass is 16.5. The molecule has 21 heavy (non-hydrogen) atoms. The fourth-order valence-electron chi connectivity index (χ4n) is 1.84. The van der Waals surface area contributed by atoms with Crippen molar-refractivity contribution in [1.82, 2.24) is 4.98 Å². The maximum absolute atomic E-state index is 11.7. The zero-order valence-corrected chi connectivity index (χ0v) is 12.1. The summed E-state index contributed by atoms with van der Waals surface area (Å²) in [6.45, 7) is 2.44. The van der Waals surface area contributed by atoms with Crippen LogP contribution in [-0.2, 0) is 16.0 Å². The van der Waals surface area contributed by atoms with Gasteiger partial charge in [0.05, 0.1) is 19.2 Å². The van der Waals surface area contributed by atoms with Crippen LogP contribution < -0.4 is 5.73 Å². The third kappa shape index (κ3) is 4.43. The van der Waals surface area contributed by atoms with Gasteiger partial charge in [0.1, 0.15) is 6.04 Å². The molecule has 2 aromatic rings. The van der Waals surface area contributed by atoms with Crippen molar-refractivity contribution in [2.75, 3.05) is 6.61 Å².